The van der Waals surface area contributed by atoms with E-state index in [1.54, 1.807) is 0 Å². The summed E-state index contributed by atoms with van der Waals surface area (Å²) in [7, 11) is 0. The molecular weight excluding hydrogens is 288 g/mol. The number of hydrogen-bond donors (Lipinski definition) is 2. The lowest BCUT2D eigenvalue weighted by Crippen LogP contribution is -2.41. The van der Waals surface area contributed by atoms with E-state index in [1.807, 2.05) is 52.0 Å². The largest absolute Gasteiger partial charge is 0.444 e. The Kier molecular flexibility index (Phi) is 6.49. The number of amides is 1. The number of rotatable bonds is 5. The van der Waals surface area contributed by atoms with E-state index >= 15 is 0 Å². The minimum atomic E-state index is -0.477. The fourth-order valence-electron chi connectivity index (χ4n) is 1.91. The molecule has 118 valence electrons. The Balaban J connectivity index is 2.40. The molecule has 0 spiro atoms. The summed E-state index contributed by atoms with van der Waals surface area (Å²) in [4.78, 5) is 11.6. The van der Waals surface area contributed by atoms with Gasteiger partial charge in [0.15, 0.2) is 0 Å². The maximum atomic E-state index is 11.6. The second-order valence-electron chi connectivity index (χ2n) is 6.23. The third-order valence-corrected chi connectivity index (χ3v) is 3.07. The van der Waals surface area contributed by atoms with Gasteiger partial charge < -0.3 is 15.4 Å². The van der Waals surface area contributed by atoms with Crippen molar-refractivity contribution in [3.05, 3.63) is 34.9 Å². The molecule has 1 rings (SSSR count). The third kappa shape index (κ3) is 7.34. The van der Waals surface area contributed by atoms with Crippen LogP contribution in [0, 0.1) is 0 Å². The number of nitrogens with one attached hydrogen (secondary N) is 2. The highest BCUT2D eigenvalue weighted by molar-refractivity contribution is 6.30. The summed E-state index contributed by atoms with van der Waals surface area (Å²) in [5.74, 6) is 0. The zero-order valence-electron chi connectivity index (χ0n) is 13.4. The van der Waals surface area contributed by atoms with Gasteiger partial charge in [0.05, 0.1) is 0 Å². The van der Waals surface area contributed by atoms with E-state index in [4.69, 9.17) is 16.3 Å². The molecule has 0 aliphatic carbocycles. The number of hydrogen-bond acceptors (Lipinski definition) is 3. The van der Waals surface area contributed by atoms with Gasteiger partial charge in [0.25, 0.3) is 0 Å². The van der Waals surface area contributed by atoms with E-state index < -0.39 is 11.7 Å². The molecule has 1 aromatic rings. The second-order valence-corrected chi connectivity index (χ2v) is 6.66. The first kappa shape index (κ1) is 17.8. The van der Waals surface area contributed by atoms with Crippen LogP contribution in [0.15, 0.2) is 24.3 Å². The fourth-order valence-corrected chi connectivity index (χ4v) is 2.11. The molecule has 0 aliphatic rings. The maximum Gasteiger partial charge on any atom is 0.407 e. The van der Waals surface area contributed by atoms with Crippen molar-refractivity contribution in [2.75, 3.05) is 6.54 Å². The standard InChI is InChI=1S/C16H25ClN2O2/c1-11(10-18-15(20)21-16(3,4)5)19-12(2)13-7-6-8-14(17)9-13/h6-9,11-12,19H,10H2,1-5H3,(H,18,20)/t11?,12-/m1/s1. The van der Waals surface area contributed by atoms with E-state index in [0.717, 1.165) is 10.6 Å². The molecule has 2 N–H and O–H groups in total. The van der Waals surface area contributed by atoms with Crippen molar-refractivity contribution in [3.63, 3.8) is 0 Å². The number of ether oxygens (including phenoxy) is 1. The van der Waals surface area contributed by atoms with Crippen molar-refractivity contribution in [2.24, 2.45) is 0 Å². The van der Waals surface area contributed by atoms with Crippen molar-refractivity contribution in [1.29, 1.82) is 0 Å². The van der Waals surface area contributed by atoms with Gasteiger partial charge in [0.2, 0.25) is 0 Å². The van der Waals surface area contributed by atoms with Gasteiger partial charge in [-0.25, -0.2) is 4.79 Å². The van der Waals surface area contributed by atoms with E-state index in [2.05, 4.69) is 17.6 Å². The molecule has 0 aliphatic heterocycles. The quantitative estimate of drug-likeness (QED) is 0.867. The Hall–Kier alpha value is -1.26. The first-order valence-corrected chi connectivity index (χ1v) is 7.53. The number of alkyl carbamates (subject to hydrolysis) is 1. The molecule has 5 heteroatoms. The number of carbonyl (C=O) groups is 1. The minimum absolute atomic E-state index is 0.117. The van der Waals surface area contributed by atoms with Gasteiger partial charge in [-0.1, -0.05) is 23.7 Å². The first-order valence-electron chi connectivity index (χ1n) is 7.16. The SMILES string of the molecule is CC(CNC(=O)OC(C)(C)C)N[C@H](C)c1cccc(Cl)c1. The number of halogens is 1. The van der Waals surface area contributed by atoms with Crippen LogP contribution < -0.4 is 10.6 Å². The van der Waals surface area contributed by atoms with Gasteiger partial charge in [-0.05, 0) is 52.3 Å². The number of benzene rings is 1. The predicted octanol–water partition coefficient (Wildman–Crippen LogP) is 3.90. The van der Waals surface area contributed by atoms with Crippen LogP contribution in [0.25, 0.3) is 0 Å². The molecule has 0 aromatic heterocycles. The highest BCUT2D eigenvalue weighted by Gasteiger charge is 2.17. The molecular formula is C16H25ClN2O2. The summed E-state index contributed by atoms with van der Waals surface area (Å²) in [6.07, 6.45) is -0.397. The van der Waals surface area contributed by atoms with Gasteiger partial charge in [-0.15, -0.1) is 0 Å². The molecule has 1 amide bonds. The second kappa shape index (κ2) is 7.66. The van der Waals surface area contributed by atoms with Crippen molar-refractivity contribution in [3.8, 4) is 0 Å². The highest BCUT2D eigenvalue weighted by atomic mass is 35.5. The molecule has 1 aromatic carbocycles. The van der Waals surface area contributed by atoms with Crippen LogP contribution in [-0.2, 0) is 4.74 Å². The summed E-state index contributed by atoms with van der Waals surface area (Å²) in [5.41, 5.74) is 0.640. The van der Waals surface area contributed by atoms with Crippen molar-refractivity contribution in [1.82, 2.24) is 10.6 Å². The average molecular weight is 313 g/mol. The van der Waals surface area contributed by atoms with Crippen molar-refractivity contribution >= 4 is 17.7 Å². The summed E-state index contributed by atoms with van der Waals surface area (Å²) >= 11 is 5.99. The zero-order chi connectivity index (χ0) is 16.0. The number of carbonyl (C=O) groups excluding carboxylic acids is 1. The van der Waals surface area contributed by atoms with Gasteiger partial charge in [-0.3, -0.25) is 0 Å². The molecule has 4 nitrogen and oxygen atoms in total. The van der Waals surface area contributed by atoms with Crippen LogP contribution in [-0.4, -0.2) is 24.3 Å². The third-order valence-electron chi connectivity index (χ3n) is 2.83. The first-order chi connectivity index (χ1) is 9.67. The summed E-state index contributed by atoms with van der Waals surface area (Å²) in [6, 6.07) is 8.01. The summed E-state index contributed by atoms with van der Waals surface area (Å²) in [5, 5.41) is 6.89. The Morgan fingerprint density at radius 1 is 1.33 bits per heavy atom. The topological polar surface area (TPSA) is 50.4 Å². The molecule has 0 bridgehead atoms. The molecule has 1 unspecified atom stereocenters. The lowest BCUT2D eigenvalue weighted by molar-refractivity contribution is 0.0522. The fraction of sp³-hybridized carbons (Fsp3) is 0.562. The molecule has 0 saturated heterocycles. The lowest BCUT2D eigenvalue weighted by Gasteiger charge is -2.23. The van der Waals surface area contributed by atoms with Gasteiger partial charge >= 0.3 is 6.09 Å². The molecule has 0 saturated carbocycles. The lowest BCUT2D eigenvalue weighted by atomic mass is 10.1. The van der Waals surface area contributed by atoms with Gasteiger partial charge in [0.1, 0.15) is 5.60 Å². The van der Waals surface area contributed by atoms with E-state index in [9.17, 15) is 4.79 Å². The van der Waals surface area contributed by atoms with Crippen LogP contribution >= 0.6 is 11.6 Å². The summed E-state index contributed by atoms with van der Waals surface area (Å²) < 4.78 is 5.20. The van der Waals surface area contributed by atoms with Crippen LogP contribution in [0.1, 0.15) is 46.2 Å². The van der Waals surface area contributed by atoms with Crippen molar-refractivity contribution in [2.45, 2.75) is 52.3 Å². The molecule has 0 radical (unpaired) electrons. The Bertz CT molecular complexity index is 472. The normalized spacial score (nSPS) is 14.4. The molecule has 21 heavy (non-hydrogen) atoms. The van der Waals surface area contributed by atoms with Crippen LogP contribution in [0.2, 0.25) is 5.02 Å². The molecule has 0 heterocycles. The molecule has 0 fully saturated rings. The highest BCUT2D eigenvalue weighted by Crippen LogP contribution is 2.17. The van der Waals surface area contributed by atoms with Gasteiger partial charge in [0, 0.05) is 23.7 Å². The average Bonchev–Trinajstić information content (AvgIpc) is 2.34. The molecule has 2 atom stereocenters. The zero-order valence-corrected chi connectivity index (χ0v) is 14.1. The Morgan fingerprint density at radius 3 is 2.57 bits per heavy atom. The predicted molar refractivity (Wildman–Crippen MR) is 86.7 cm³/mol. The monoisotopic (exact) mass is 312 g/mol. The van der Waals surface area contributed by atoms with Crippen molar-refractivity contribution < 1.29 is 9.53 Å². The summed E-state index contributed by atoms with van der Waals surface area (Å²) in [6.45, 7) is 10.1. The maximum absolute atomic E-state index is 11.6. The van der Waals surface area contributed by atoms with E-state index in [0.29, 0.717) is 6.54 Å². The van der Waals surface area contributed by atoms with Gasteiger partial charge in [-0.2, -0.15) is 0 Å². The minimum Gasteiger partial charge on any atom is -0.444 e. The Morgan fingerprint density at radius 2 is 2.00 bits per heavy atom. The van der Waals surface area contributed by atoms with E-state index in [1.165, 1.54) is 0 Å². The Labute approximate surface area is 132 Å². The van der Waals surface area contributed by atoms with Crippen LogP contribution in [0.3, 0.4) is 0 Å². The van der Waals surface area contributed by atoms with E-state index in [-0.39, 0.29) is 12.1 Å². The van der Waals surface area contributed by atoms with Crippen LogP contribution in [0.5, 0.6) is 0 Å². The van der Waals surface area contributed by atoms with Crippen LogP contribution in [0.4, 0.5) is 4.79 Å². The smallest absolute Gasteiger partial charge is 0.407 e.